The third kappa shape index (κ3) is 6.12. The number of aliphatic hydroxyl groups is 1. The number of nitrogens with one attached hydrogen (secondary N) is 1. The van der Waals surface area contributed by atoms with E-state index in [0.29, 0.717) is 24.4 Å². The molecule has 1 unspecified atom stereocenters. The van der Waals surface area contributed by atoms with Crippen molar-refractivity contribution in [1.82, 2.24) is 15.2 Å². The van der Waals surface area contributed by atoms with E-state index in [1.807, 2.05) is 42.5 Å². The van der Waals surface area contributed by atoms with Crippen molar-refractivity contribution in [3.05, 3.63) is 101 Å². The highest BCUT2D eigenvalue weighted by atomic mass is 35.5. The first-order chi connectivity index (χ1) is 17.3. The van der Waals surface area contributed by atoms with Gasteiger partial charge in [-0.25, -0.2) is 4.39 Å². The third-order valence-electron chi connectivity index (χ3n) is 7.33. The SMILES string of the molecule is CC(=O)NCC(CCCN1CCC(O)(c2ccc(Cl)cc2)CC1)(c1ccc(F)cc1)c1ccccn1. The average Bonchev–Trinajstić information content (AvgIpc) is 2.89. The van der Waals surface area contributed by atoms with Gasteiger partial charge in [0.1, 0.15) is 5.82 Å². The van der Waals surface area contributed by atoms with E-state index >= 15 is 0 Å². The molecule has 1 saturated heterocycles. The fourth-order valence-corrected chi connectivity index (χ4v) is 5.32. The van der Waals surface area contributed by atoms with Crippen LogP contribution in [0.4, 0.5) is 4.39 Å². The van der Waals surface area contributed by atoms with Gasteiger partial charge in [-0.15, -0.1) is 0 Å². The minimum absolute atomic E-state index is 0.116. The molecule has 0 aliphatic carbocycles. The molecule has 4 rings (SSSR count). The van der Waals surface area contributed by atoms with Crippen molar-refractivity contribution >= 4 is 17.5 Å². The number of aromatic nitrogens is 1. The van der Waals surface area contributed by atoms with Gasteiger partial charge in [0.15, 0.2) is 0 Å². The van der Waals surface area contributed by atoms with Crippen LogP contribution in [-0.2, 0) is 15.8 Å². The summed E-state index contributed by atoms with van der Waals surface area (Å²) in [5, 5.41) is 14.9. The second-order valence-electron chi connectivity index (χ2n) is 9.70. The van der Waals surface area contributed by atoms with E-state index in [1.54, 1.807) is 18.3 Å². The molecule has 0 radical (unpaired) electrons. The average molecular weight is 510 g/mol. The lowest BCUT2D eigenvalue weighted by molar-refractivity contribution is -0.119. The van der Waals surface area contributed by atoms with Crippen LogP contribution in [0.3, 0.4) is 0 Å². The van der Waals surface area contributed by atoms with Gasteiger partial charge in [0, 0.05) is 37.8 Å². The molecule has 5 nitrogen and oxygen atoms in total. The second-order valence-corrected chi connectivity index (χ2v) is 10.1. The number of carbonyl (C=O) groups is 1. The Morgan fingerprint density at radius 2 is 1.81 bits per heavy atom. The molecular formula is C29H33ClFN3O2. The molecule has 0 saturated carbocycles. The van der Waals surface area contributed by atoms with Crippen LogP contribution in [0.2, 0.25) is 5.02 Å². The summed E-state index contributed by atoms with van der Waals surface area (Å²) in [6.07, 6.45) is 4.65. The Kier molecular flexibility index (Phi) is 8.39. The van der Waals surface area contributed by atoms with Crippen molar-refractivity contribution in [2.45, 2.75) is 43.6 Å². The molecule has 2 aromatic carbocycles. The maximum Gasteiger partial charge on any atom is 0.216 e. The Labute approximate surface area is 217 Å². The molecular weight excluding hydrogens is 477 g/mol. The van der Waals surface area contributed by atoms with Gasteiger partial charge in [0.25, 0.3) is 0 Å². The van der Waals surface area contributed by atoms with Crippen LogP contribution in [0.15, 0.2) is 72.9 Å². The standard InChI is InChI=1S/C29H33ClFN3O2/c1-22(35)33-21-28(27-5-2-3-17-32-27,23-8-12-26(31)13-9-23)14-4-18-34-19-15-29(36,16-20-34)24-6-10-25(30)11-7-24/h2-3,5-13,17,36H,4,14-16,18-21H2,1H3,(H,33,35). The Hall–Kier alpha value is -2.80. The number of hydrogen-bond acceptors (Lipinski definition) is 4. The van der Waals surface area contributed by atoms with Crippen molar-refractivity contribution in [2.75, 3.05) is 26.2 Å². The first-order valence-electron chi connectivity index (χ1n) is 12.4. The summed E-state index contributed by atoms with van der Waals surface area (Å²) in [5.41, 5.74) is 1.26. The molecule has 0 spiro atoms. The molecule has 1 aliphatic rings. The van der Waals surface area contributed by atoms with Gasteiger partial charge < -0.3 is 15.3 Å². The topological polar surface area (TPSA) is 65.5 Å². The maximum absolute atomic E-state index is 13.8. The number of likely N-dealkylation sites (tertiary alicyclic amines) is 1. The zero-order valence-corrected chi connectivity index (χ0v) is 21.3. The lowest BCUT2D eigenvalue weighted by Crippen LogP contribution is -2.44. The predicted molar refractivity (Wildman–Crippen MR) is 140 cm³/mol. The lowest BCUT2D eigenvalue weighted by Gasteiger charge is -2.39. The lowest BCUT2D eigenvalue weighted by atomic mass is 9.73. The predicted octanol–water partition coefficient (Wildman–Crippen LogP) is 5.06. The molecule has 2 N–H and O–H groups in total. The smallest absolute Gasteiger partial charge is 0.216 e. The third-order valence-corrected chi connectivity index (χ3v) is 7.59. The number of halogens is 2. The summed E-state index contributed by atoms with van der Waals surface area (Å²) in [6, 6.07) is 19.7. The molecule has 0 bridgehead atoms. The van der Waals surface area contributed by atoms with E-state index in [0.717, 1.165) is 49.3 Å². The van der Waals surface area contributed by atoms with Crippen molar-refractivity contribution in [3.8, 4) is 0 Å². The Balaban J connectivity index is 1.48. The first kappa shape index (κ1) is 26.3. The van der Waals surface area contributed by atoms with E-state index in [-0.39, 0.29) is 11.7 Å². The Morgan fingerprint density at radius 3 is 2.42 bits per heavy atom. The van der Waals surface area contributed by atoms with E-state index in [9.17, 15) is 14.3 Å². The number of benzene rings is 2. The molecule has 3 aromatic rings. The van der Waals surface area contributed by atoms with Gasteiger partial charge in [-0.3, -0.25) is 9.78 Å². The van der Waals surface area contributed by atoms with Crippen molar-refractivity contribution in [1.29, 1.82) is 0 Å². The van der Waals surface area contributed by atoms with Crippen molar-refractivity contribution < 1.29 is 14.3 Å². The minimum Gasteiger partial charge on any atom is -0.385 e. The summed E-state index contributed by atoms with van der Waals surface area (Å²) in [4.78, 5) is 18.9. The fourth-order valence-electron chi connectivity index (χ4n) is 5.19. The highest BCUT2D eigenvalue weighted by Gasteiger charge is 2.37. The summed E-state index contributed by atoms with van der Waals surface area (Å²) in [7, 11) is 0. The normalized spacial score (nSPS) is 17.3. The summed E-state index contributed by atoms with van der Waals surface area (Å²) >= 11 is 6.01. The van der Waals surface area contributed by atoms with Crippen molar-refractivity contribution in [2.24, 2.45) is 0 Å². The van der Waals surface area contributed by atoms with Gasteiger partial charge in [-0.1, -0.05) is 41.9 Å². The molecule has 7 heteroatoms. The number of hydrogen-bond donors (Lipinski definition) is 2. The second kappa shape index (κ2) is 11.5. The Bertz CT molecular complexity index is 1130. The number of piperidine rings is 1. The van der Waals surface area contributed by atoms with Gasteiger partial charge in [-0.05, 0) is 79.8 Å². The van der Waals surface area contributed by atoms with Gasteiger partial charge in [0.2, 0.25) is 5.91 Å². The number of carbonyl (C=O) groups excluding carboxylic acids is 1. The van der Waals surface area contributed by atoms with Crippen LogP contribution in [0.25, 0.3) is 0 Å². The number of nitrogens with zero attached hydrogens (tertiary/aromatic N) is 2. The monoisotopic (exact) mass is 509 g/mol. The number of pyridine rings is 1. The Morgan fingerprint density at radius 1 is 1.11 bits per heavy atom. The molecule has 36 heavy (non-hydrogen) atoms. The number of amides is 1. The molecule has 1 atom stereocenters. The van der Waals surface area contributed by atoms with Gasteiger partial charge in [-0.2, -0.15) is 0 Å². The van der Waals surface area contributed by atoms with E-state index in [1.165, 1.54) is 19.1 Å². The molecule has 2 heterocycles. The highest BCUT2D eigenvalue weighted by molar-refractivity contribution is 6.30. The van der Waals surface area contributed by atoms with E-state index in [4.69, 9.17) is 11.6 Å². The first-order valence-corrected chi connectivity index (χ1v) is 12.8. The summed E-state index contributed by atoms with van der Waals surface area (Å²) < 4.78 is 13.8. The van der Waals surface area contributed by atoms with Gasteiger partial charge in [0.05, 0.1) is 16.7 Å². The van der Waals surface area contributed by atoms with Crippen LogP contribution in [0.5, 0.6) is 0 Å². The van der Waals surface area contributed by atoms with Gasteiger partial charge >= 0.3 is 0 Å². The van der Waals surface area contributed by atoms with E-state index < -0.39 is 11.0 Å². The van der Waals surface area contributed by atoms with Crippen LogP contribution in [-0.4, -0.2) is 47.1 Å². The zero-order chi connectivity index (χ0) is 25.6. The van der Waals surface area contributed by atoms with E-state index in [2.05, 4.69) is 15.2 Å². The molecule has 1 fully saturated rings. The maximum atomic E-state index is 13.8. The van der Waals surface area contributed by atoms with Crippen molar-refractivity contribution in [3.63, 3.8) is 0 Å². The van der Waals surface area contributed by atoms with Crippen LogP contribution < -0.4 is 5.32 Å². The molecule has 190 valence electrons. The number of rotatable bonds is 9. The van der Waals surface area contributed by atoms with Crippen LogP contribution in [0, 0.1) is 5.82 Å². The minimum atomic E-state index is -0.835. The molecule has 1 aliphatic heterocycles. The highest BCUT2D eigenvalue weighted by Crippen LogP contribution is 2.37. The molecule has 1 aromatic heterocycles. The van der Waals surface area contributed by atoms with Crippen LogP contribution in [0.1, 0.15) is 49.4 Å². The van der Waals surface area contributed by atoms with Crippen LogP contribution >= 0.6 is 11.6 Å². The zero-order valence-electron chi connectivity index (χ0n) is 20.6. The summed E-state index contributed by atoms with van der Waals surface area (Å²) in [6.45, 7) is 4.31. The molecule has 1 amide bonds. The fraction of sp³-hybridized carbons (Fsp3) is 0.379. The summed E-state index contributed by atoms with van der Waals surface area (Å²) in [5.74, 6) is -0.412. The quantitative estimate of drug-likeness (QED) is 0.423. The largest absolute Gasteiger partial charge is 0.385 e.